The van der Waals surface area contributed by atoms with Crippen molar-refractivity contribution in [1.29, 1.82) is 0 Å². The van der Waals surface area contributed by atoms with Crippen LogP contribution in [-0.2, 0) is 14.3 Å². The smallest absolute Gasteiger partial charge is 0.305 e. The molecule has 6 heteroatoms. The molecule has 3 N–H and O–H groups in total. The average molecular weight is 1000 g/mol. The van der Waals surface area contributed by atoms with Gasteiger partial charge < -0.3 is 20.3 Å². The Balaban J connectivity index is 3.41. The number of carbonyl (C=O) groups is 2. The van der Waals surface area contributed by atoms with Crippen molar-refractivity contribution < 1.29 is 24.5 Å². The molecule has 2 unspecified atom stereocenters. The van der Waals surface area contributed by atoms with Crippen LogP contribution in [0.1, 0.15) is 367 Å². The number of rotatable bonds is 61. The van der Waals surface area contributed by atoms with Crippen molar-refractivity contribution in [3.63, 3.8) is 0 Å². The van der Waals surface area contributed by atoms with Gasteiger partial charge in [0, 0.05) is 12.8 Å². The molecule has 0 aromatic carbocycles. The summed E-state index contributed by atoms with van der Waals surface area (Å²) >= 11 is 0. The highest BCUT2D eigenvalue weighted by Crippen LogP contribution is 2.18. The van der Waals surface area contributed by atoms with Crippen molar-refractivity contribution in [2.75, 3.05) is 13.2 Å². The van der Waals surface area contributed by atoms with Crippen LogP contribution in [-0.4, -0.2) is 47.4 Å². The predicted octanol–water partition coefficient (Wildman–Crippen LogP) is 20.4. The first kappa shape index (κ1) is 69.6. The molecule has 71 heavy (non-hydrogen) atoms. The average Bonchev–Trinajstić information content (AvgIpc) is 3.37. The minimum atomic E-state index is -0.670. The van der Waals surface area contributed by atoms with Gasteiger partial charge in [0.15, 0.2) is 0 Å². The number of allylic oxidation sites excluding steroid dienone is 2. The third kappa shape index (κ3) is 57.7. The lowest BCUT2D eigenvalue weighted by Gasteiger charge is -2.22. The van der Waals surface area contributed by atoms with Crippen LogP contribution in [0, 0.1) is 0 Å². The number of amides is 1. The molecule has 0 aromatic heterocycles. The lowest BCUT2D eigenvalue weighted by atomic mass is 10.0. The Labute approximate surface area is 444 Å². The second-order valence-electron chi connectivity index (χ2n) is 22.5. The summed E-state index contributed by atoms with van der Waals surface area (Å²) < 4.78 is 5.50. The van der Waals surface area contributed by atoms with Gasteiger partial charge in [-0.25, -0.2) is 0 Å². The molecule has 1 amide bonds. The molecule has 422 valence electrons. The zero-order valence-corrected chi connectivity index (χ0v) is 48.2. The summed E-state index contributed by atoms with van der Waals surface area (Å²) in [5.41, 5.74) is 0. The third-order valence-corrected chi connectivity index (χ3v) is 15.3. The van der Waals surface area contributed by atoms with Gasteiger partial charge in [-0.1, -0.05) is 315 Å². The van der Waals surface area contributed by atoms with Crippen molar-refractivity contribution in [2.45, 2.75) is 379 Å². The highest BCUT2D eigenvalue weighted by molar-refractivity contribution is 5.76. The van der Waals surface area contributed by atoms with Crippen LogP contribution in [0.2, 0.25) is 0 Å². The maximum Gasteiger partial charge on any atom is 0.305 e. The fourth-order valence-corrected chi connectivity index (χ4v) is 10.3. The molecule has 0 rings (SSSR count). The van der Waals surface area contributed by atoms with Gasteiger partial charge in [-0.2, -0.15) is 0 Å². The highest BCUT2D eigenvalue weighted by Gasteiger charge is 2.20. The van der Waals surface area contributed by atoms with Gasteiger partial charge in [-0.3, -0.25) is 9.59 Å². The molecule has 0 aliphatic carbocycles. The summed E-state index contributed by atoms with van der Waals surface area (Å²) in [5.74, 6) is -0.0319. The van der Waals surface area contributed by atoms with E-state index >= 15 is 0 Å². The summed E-state index contributed by atoms with van der Waals surface area (Å²) in [6.07, 6.45) is 73.7. The van der Waals surface area contributed by atoms with Crippen LogP contribution in [0.5, 0.6) is 0 Å². The maximum absolute atomic E-state index is 12.5. The quantitative estimate of drug-likeness (QED) is 0.0320. The van der Waals surface area contributed by atoms with E-state index in [-0.39, 0.29) is 18.5 Å². The van der Waals surface area contributed by atoms with Crippen LogP contribution in [0.4, 0.5) is 0 Å². The van der Waals surface area contributed by atoms with E-state index in [9.17, 15) is 19.8 Å². The number of esters is 1. The maximum atomic E-state index is 12.5. The molecule has 0 bridgehead atoms. The number of unbranched alkanes of at least 4 members (excludes halogenated alkanes) is 48. The first-order valence-corrected chi connectivity index (χ1v) is 32.4. The van der Waals surface area contributed by atoms with Crippen LogP contribution >= 0.6 is 0 Å². The number of carbonyl (C=O) groups excluding carboxylic acids is 2. The number of aliphatic hydroxyl groups excluding tert-OH is 2. The van der Waals surface area contributed by atoms with Gasteiger partial charge in [-0.05, 0) is 51.4 Å². The Morgan fingerprint density at radius 2 is 0.662 bits per heavy atom. The van der Waals surface area contributed by atoms with E-state index in [2.05, 4.69) is 31.3 Å². The number of ether oxygens (including phenoxy) is 1. The lowest BCUT2D eigenvalue weighted by molar-refractivity contribution is -0.143. The SMILES string of the molecule is CCCCCCCCCCCCCCCCCCCCC(=O)OCCCCCCCCCC/C=C\CCCCCCCCCC(=O)NC(CO)C(O)CCCCCCCCCCCCCCCCCCC. The molecular weight excluding hydrogens is 875 g/mol. The van der Waals surface area contributed by atoms with Crippen molar-refractivity contribution >= 4 is 11.9 Å². The molecule has 0 heterocycles. The standard InChI is InChI=1S/C65H127NO5/c1-3-5-7-9-11-13-15-17-19-21-27-31-35-39-43-47-51-55-59-65(70)71-60-56-52-48-44-40-36-32-28-24-22-23-26-30-34-38-42-46-50-54-58-64(69)66-62(61-67)63(68)57-53-49-45-41-37-33-29-25-20-18-16-14-12-10-8-6-4-2/h22-23,62-63,67-68H,3-21,24-61H2,1-2H3,(H,66,69)/b23-22-. The predicted molar refractivity (Wildman–Crippen MR) is 310 cm³/mol. The molecule has 0 saturated heterocycles. The molecule has 2 atom stereocenters. The first-order chi connectivity index (χ1) is 35.0. The van der Waals surface area contributed by atoms with Crippen molar-refractivity contribution in [1.82, 2.24) is 5.32 Å². The Morgan fingerprint density at radius 1 is 0.380 bits per heavy atom. The summed E-state index contributed by atoms with van der Waals surface area (Å²) in [6, 6.07) is -0.548. The normalized spacial score (nSPS) is 12.6. The Hall–Kier alpha value is -1.40. The molecule has 0 aliphatic heterocycles. The molecule has 6 nitrogen and oxygen atoms in total. The van der Waals surface area contributed by atoms with Crippen molar-refractivity contribution in [3.8, 4) is 0 Å². The number of nitrogens with one attached hydrogen (secondary N) is 1. The summed E-state index contributed by atoms with van der Waals surface area (Å²) in [4.78, 5) is 24.6. The van der Waals surface area contributed by atoms with Gasteiger partial charge in [0.2, 0.25) is 5.91 Å². The number of hydrogen-bond donors (Lipinski definition) is 3. The lowest BCUT2D eigenvalue weighted by Crippen LogP contribution is -2.45. The molecule has 0 radical (unpaired) electrons. The molecule has 0 aliphatic rings. The van der Waals surface area contributed by atoms with E-state index in [1.54, 1.807) is 0 Å². The summed E-state index contributed by atoms with van der Waals surface area (Å²) in [5, 5.41) is 23.3. The van der Waals surface area contributed by atoms with E-state index < -0.39 is 12.1 Å². The summed E-state index contributed by atoms with van der Waals surface area (Å²) in [7, 11) is 0. The van der Waals surface area contributed by atoms with E-state index in [4.69, 9.17) is 4.74 Å². The Kier molecular flexibility index (Phi) is 59.9. The second kappa shape index (κ2) is 61.1. The first-order valence-electron chi connectivity index (χ1n) is 32.4. The van der Waals surface area contributed by atoms with Gasteiger partial charge in [0.05, 0.1) is 25.4 Å². The van der Waals surface area contributed by atoms with Crippen LogP contribution in [0.25, 0.3) is 0 Å². The Bertz CT molecular complexity index is 1060. The molecule has 0 spiro atoms. The van der Waals surface area contributed by atoms with E-state index in [1.165, 1.54) is 295 Å². The van der Waals surface area contributed by atoms with Crippen molar-refractivity contribution in [3.05, 3.63) is 12.2 Å². The number of hydrogen-bond acceptors (Lipinski definition) is 5. The van der Waals surface area contributed by atoms with Gasteiger partial charge in [-0.15, -0.1) is 0 Å². The van der Waals surface area contributed by atoms with Gasteiger partial charge >= 0.3 is 5.97 Å². The highest BCUT2D eigenvalue weighted by atomic mass is 16.5. The van der Waals surface area contributed by atoms with Crippen molar-refractivity contribution in [2.24, 2.45) is 0 Å². The Morgan fingerprint density at radius 3 is 1.00 bits per heavy atom. The zero-order valence-electron chi connectivity index (χ0n) is 48.2. The fraction of sp³-hybridized carbons (Fsp3) is 0.938. The third-order valence-electron chi connectivity index (χ3n) is 15.3. The van der Waals surface area contributed by atoms with Crippen LogP contribution in [0.3, 0.4) is 0 Å². The second-order valence-corrected chi connectivity index (χ2v) is 22.5. The van der Waals surface area contributed by atoms with E-state index in [0.29, 0.717) is 25.9 Å². The largest absolute Gasteiger partial charge is 0.466 e. The van der Waals surface area contributed by atoms with Crippen LogP contribution < -0.4 is 5.32 Å². The minimum Gasteiger partial charge on any atom is -0.466 e. The molecular formula is C65H127NO5. The van der Waals surface area contributed by atoms with Gasteiger partial charge in [0.1, 0.15) is 0 Å². The van der Waals surface area contributed by atoms with E-state index in [0.717, 1.165) is 38.5 Å². The fourth-order valence-electron chi connectivity index (χ4n) is 10.3. The molecule has 0 saturated carbocycles. The van der Waals surface area contributed by atoms with Crippen LogP contribution in [0.15, 0.2) is 12.2 Å². The number of aliphatic hydroxyl groups is 2. The topological polar surface area (TPSA) is 95.9 Å². The monoisotopic (exact) mass is 1000 g/mol. The molecule has 0 fully saturated rings. The van der Waals surface area contributed by atoms with E-state index in [1.807, 2.05) is 0 Å². The zero-order chi connectivity index (χ0) is 51.4. The minimum absolute atomic E-state index is 0.00932. The molecule has 0 aromatic rings. The summed E-state index contributed by atoms with van der Waals surface area (Å²) in [6.45, 7) is 4.98. The van der Waals surface area contributed by atoms with Gasteiger partial charge in [0.25, 0.3) is 0 Å².